The first-order valence-corrected chi connectivity index (χ1v) is 8.20. The van der Waals surface area contributed by atoms with Crippen molar-refractivity contribution in [2.45, 2.75) is 39.0 Å². The number of benzene rings is 1. The number of Topliss-reactive ketones (excluding diaryl/α,β-unsaturated/α-hetero) is 1. The molecule has 1 aromatic carbocycles. The number of rotatable bonds is 3. The molecule has 0 saturated carbocycles. The number of nitrogens with two attached hydrogens (primary N) is 1. The summed E-state index contributed by atoms with van der Waals surface area (Å²) in [6.45, 7) is 3.95. The molecule has 1 aliphatic carbocycles. The minimum absolute atomic E-state index is 0.0103. The van der Waals surface area contributed by atoms with E-state index in [2.05, 4.69) is 0 Å². The van der Waals surface area contributed by atoms with Crippen LogP contribution in [0.2, 0.25) is 0 Å². The Balaban J connectivity index is 2.15. The van der Waals surface area contributed by atoms with Crippen molar-refractivity contribution in [3.05, 3.63) is 58.2 Å². The van der Waals surface area contributed by atoms with Gasteiger partial charge in [0.15, 0.2) is 5.78 Å². The zero-order valence-electron chi connectivity index (χ0n) is 13.9. The van der Waals surface area contributed by atoms with Crippen LogP contribution in [-0.4, -0.2) is 18.4 Å². The average molecular weight is 327 g/mol. The van der Waals surface area contributed by atoms with Crippen LogP contribution in [0.3, 0.4) is 0 Å². The molecule has 0 radical (unpaired) electrons. The Morgan fingerprint density at radius 3 is 2.67 bits per heavy atom. The molecule has 0 aromatic heterocycles. The number of carbonyl (C=O) groups is 2. The highest BCUT2D eigenvalue weighted by Gasteiger charge is 2.41. The number of aryl methyl sites for hydroxylation is 1. The fourth-order valence-corrected chi connectivity index (χ4v) is 3.26. The highest BCUT2D eigenvalue weighted by molar-refractivity contribution is 6.03. The van der Waals surface area contributed by atoms with Crippen molar-refractivity contribution in [3.8, 4) is 0 Å². The summed E-state index contributed by atoms with van der Waals surface area (Å²) in [5.41, 5.74) is 8.74. The Bertz CT molecular complexity index is 743. The lowest BCUT2D eigenvalue weighted by Gasteiger charge is -2.32. The second-order valence-corrected chi connectivity index (χ2v) is 6.06. The molecular formula is C19H21NO4. The first-order valence-electron chi connectivity index (χ1n) is 8.20. The third-order valence-electron chi connectivity index (χ3n) is 4.39. The molecule has 1 heterocycles. The molecule has 2 N–H and O–H groups in total. The van der Waals surface area contributed by atoms with Crippen molar-refractivity contribution in [2.24, 2.45) is 5.73 Å². The topological polar surface area (TPSA) is 78.6 Å². The van der Waals surface area contributed by atoms with Gasteiger partial charge in [-0.1, -0.05) is 29.8 Å². The Morgan fingerprint density at radius 1 is 1.29 bits per heavy atom. The first-order chi connectivity index (χ1) is 11.5. The molecule has 0 amide bonds. The Kier molecular flexibility index (Phi) is 4.42. The molecule has 3 rings (SSSR count). The van der Waals surface area contributed by atoms with Crippen LogP contribution in [0.1, 0.15) is 43.2 Å². The number of hydrogen-bond donors (Lipinski definition) is 1. The minimum Gasteiger partial charge on any atom is -0.462 e. The van der Waals surface area contributed by atoms with Gasteiger partial charge in [-0.2, -0.15) is 0 Å². The molecule has 126 valence electrons. The van der Waals surface area contributed by atoms with Gasteiger partial charge >= 0.3 is 5.97 Å². The molecule has 1 aromatic rings. The van der Waals surface area contributed by atoms with Gasteiger partial charge in [0.2, 0.25) is 5.88 Å². The van der Waals surface area contributed by atoms with Crippen LogP contribution in [0, 0.1) is 6.92 Å². The van der Waals surface area contributed by atoms with Gasteiger partial charge in [0.05, 0.1) is 12.5 Å². The lowest BCUT2D eigenvalue weighted by atomic mass is 9.77. The van der Waals surface area contributed by atoms with E-state index in [4.69, 9.17) is 15.2 Å². The number of esters is 1. The van der Waals surface area contributed by atoms with Crippen molar-refractivity contribution < 1.29 is 19.1 Å². The maximum absolute atomic E-state index is 12.6. The maximum Gasteiger partial charge on any atom is 0.340 e. The number of allylic oxidation sites excluding steroid dienone is 2. The highest BCUT2D eigenvalue weighted by atomic mass is 16.5. The van der Waals surface area contributed by atoms with Crippen LogP contribution in [0.4, 0.5) is 0 Å². The molecule has 2 aliphatic rings. The van der Waals surface area contributed by atoms with Gasteiger partial charge in [-0.15, -0.1) is 0 Å². The van der Waals surface area contributed by atoms with E-state index in [1.165, 1.54) is 0 Å². The zero-order valence-corrected chi connectivity index (χ0v) is 13.9. The molecule has 1 atom stereocenters. The standard InChI is InChI=1S/C19H21NO4/c1-3-23-19(22)17-15(12-9-7-11(2)8-10-12)16-13(21)5-4-6-14(16)24-18(17)20/h7-10,15H,3-6,20H2,1-2H3/t15-/m0/s1. The van der Waals surface area contributed by atoms with Gasteiger partial charge < -0.3 is 15.2 Å². The second kappa shape index (κ2) is 6.51. The summed E-state index contributed by atoms with van der Waals surface area (Å²) in [5.74, 6) is -0.433. The number of hydrogen-bond acceptors (Lipinski definition) is 5. The SMILES string of the molecule is CCOC(=O)C1=C(N)OC2=C(C(=O)CCC2)[C@@H]1c1ccc(C)cc1. The zero-order chi connectivity index (χ0) is 17.3. The van der Waals surface area contributed by atoms with Crippen LogP contribution < -0.4 is 5.73 Å². The van der Waals surface area contributed by atoms with E-state index in [-0.39, 0.29) is 23.8 Å². The summed E-state index contributed by atoms with van der Waals surface area (Å²) in [7, 11) is 0. The van der Waals surface area contributed by atoms with E-state index in [1.54, 1.807) is 6.92 Å². The minimum atomic E-state index is -0.537. The highest BCUT2D eigenvalue weighted by Crippen LogP contribution is 2.43. The van der Waals surface area contributed by atoms with Crippen molar-refractivity contribution >= 4 is 11.8 Å². The summed E-state index contributed by atoms with van der Waals surface area (Å²) in [6.07, 6.45) is 1.85. The molecule has 0 unspecified atom stereocenters. The molecule has 0 spiro atoms. The Morgan fingerprint density at radius 2 is 2.00 bits per heavy atom. The molecule has 5 nitrogen and oxygen atoms in total. The van der Waals surface area contributed by atoms with Crippen molar-refractivity contribution in [1.29, 1.82) is 0 Å². The quantitative estimate of drug-likeness (QED) is 0.864. The molecule has 0 bridgehead atoms. The molecule has 1 aliphatic heterocycles. The lowest BCUT2D eigenvalue weighted by Crippen LogP contribution is -2.31. The predicted octanol–water partition coefficient (Wildman–Crippen LogP) is 2.85. The van der Waals surface area contributed by atoms with Crippen LogP contribution in [-0.2, 0) is 19.1 Å². The second-order valence-electron chi connectivity index (χ2n) is 6.06. The Hall–Kier alpha value is -2.56. The number of ether oxygens (including phenoxy) is 2. The Labute approximate surface area is 141 Å². The van der Waals surface area contributed by atoms with Gasteiger partial charge in [0.25, 0.3) is 0 Å². The largest absolute Gasteiger partial charge is 0.462 e. The van der Waals surface area contributed by atoms with E-state index in [0.717, 1.165) is 17.5 Å². The number of ketones is 1. The third kappa shape index (κ3) is 2.82. The van der Waals surface area contributed by atoms with Gasteiger partial charge in [0, 0.05) is 18.4 Å². The van der Waals surface area contributed by atoms with Crippen LogP contribution in [0.5, 0.6) is 0 Å². The van der Waals surface area contributed by atoms with Gasteiger partial charge in [-0.3, -0.25) is 4.79 Å². The van der Waals surface area contributed by atoms with E-state index < -0.39 is 11.9 Å². The van der Waals surface area contributed by atoms with Crippen molar-refractivity contribution in [3.63, 3.8) is 0 Å². The monoisotopic (exact) mass is 327 g/mol. The van der Waals surface area contributed by atoms with Crippen molar-refractivity contribution in [1.82, 2.24) is 0 Å². The number of carbonyl (C=O) groups excluding carboxylic acids is 2. The van der Waals surface area contributed by atoms with E-state index >= 15 is 0 Å². The smallest absolute Gasteiger partial charge is 0.340 e. The van der Waals surface area contributed by atoms with Crippen LogP contribution >= 0.6 is 0 Å². The fraction of sp³-hybridized carbons (Fsp3) is 0.368. The molecule has 24 heavy (non-hydrogen) atoms. The molecule has 0 saturated heterocycles. The lowest BCUT2D eigenvalue weighted by molar-refractivity contribution is -0.139. The normalized spacial score (nSPS) is 20.6. The summed E-state index contributed by atoms with van der Waals surface area (Å²) in [4.78, 5) is 25.0. The summed E-state index contributed by atoms with van der Waals surface area (Å²) in [5, 5.41) is 0. The van der Waals surface area contributed by atoms with Gasteiger partial charge in [-0.25, -0.2) is 4.79 Å². The molecular weight excluding hydrogens is 306 g/mol. The van der Waals surface area contributed by atoms with E-state index in [1.807, 2.05) is 31.2 Å². The summed E-state index contributed by atoms with van der Waals surface area (Å²) >= 11 is 0. The average Bonchev–Trinajstić information content (AvgIpc) is 2.55. The van der Waals surface area contributed by atoms with Gasteiger partial charge in [0.1, 0.15) is 11.3 Å². The molecule has 5 heteroatoms. The third-order valence-corrected chi connectivity index (χ3v) is 4.39. The van der Waals surface area contributed by atoms with Gasteiger partial charge in [-0.05, 0) is 25.8 Å². The predicted molar refractivity (Wildman–Crippen MR) is 88.7 cm³/mol. The first kappa shape index (κ1) is 16.3. The summed E-state index contributed by atoms with van der Waals surface area (Å²) < 4.78 is 10.8. The van der Waals surface area contributed by atoms with E-state index in [0.29, 0.717) is 24.2 Å². The van der Waals surface area contributed by atoms with E-state index in [9.17, 15) is 9.59 Å². The molecule has 0 fully saturated rings. The van der Waals surface area contributed by atoms with Crippen LogP contribution in [0.25, 0.3) is 0 Å². The maximum atomic E-state index is 12.6. The van der Waals surface area contributed by atoms with Crippen molar-refractivity contribution in [2.75, 3.05) is 6.61 Å². The summed E-state index contributed by atoms with van der Waals surface area (Å²) in [6, 6.07) is 7.75. The fourth-order valence-electron chi connectivity index (χ4n) is 3.26. The van der Waals surface area contributed by atoms with Crippen LogP contribution in [0.15, 0.2) is 47.1 Å².